The van der Waals surface area contributed by atoms with Crippen molar-refractivity contribution in [2.45, 2.75) is 19.4 Å². The number of aryl methyl sites for hydroxylation is 1. The summed E-state index contributed by atoms with van der Waals surface area (Å²) in [6.45, 7) is 1.03. The first-order valence-electron chi connectivity index (χ1n) is 4.63. The fourth-order valence-corrected chi connectivity index (χ4v) is 1.23. The van der Waals surface area contributed by atoms with Gasteiger partial charge in [0.05, 0.1) is 0 Å². The van der Waals surface area contributed by atoms with Gasteiger partial charge in [-0.15, -0.1) is 0 Å². The van der Waals surface area contributed by atoms with E-state index < -0.39 is 0 Å². The van der Waals surface area contributed by atoms with Gasteiger partial charge in [0.15, 0.2) is 0 Å². The van der Waals surface area contributed by atoms with Crippen molar-refractivity contribution in [3.63, 3.8) is 0 Å². The molecule has 78 valence electrons. The lowest BCUT2D eigenvalue weighted by Crippen LogP contribution is -2.37. The Balaban J connectivity index is 2.90. The van der Waals surface area contributed by atoms with Crippen LogP contribution in [-0.4, -0.2) is 15.7 Å². The Morgan fingerprint density at radius 2 is 2.07 bits per heavy atom. The highest BCUT2D eigenvalue weighted by molar-refractivity contribution is 4.85. The normalized spacial score (nSPS) is 10.4. The molecule has 1 aromatic rings. The first-order chi connectivity index (χ1) is 6.66. The summed E-state index contributed by atoms with van der Waals surface area (Å²) in [5.74, 6) is 0. The van der Waals surface area contributed by atoms with Crippen molar-refractivity contribution in [2.75, 3.05) is 6.54 Å². The second-order valence-corrected chi connectivity index (χ2v) is 3.19. The molecule has 1 heterocycles. The summed E-state index contributed by atoms with van der Waals surface area (Å²) >= 11 is 0. The molecule has 5 nitrogen and oxygen atoms in total. The summed E-state index contributed by atoms with van der Waals surface area (Å²) < 4.78 is 2.62. The topological polar surface area (TPSA) is 70.0 Å². The molecule has 0 saturated heterocycles. The Bertz CT molecular complexity index is 405. The smallest absolute Gasteiger partial charge is 0.330 e. The number of hydrogen-bond acceptors (Lipinski definition) is 3. The predicted octanol–water partition coefficient (Wildman–Crippen LogP) is -0.714. The van der Waals surface area contributed by atoms with E-state index in [1.54, 1.807) is 7.05 Å². The standard InChI is InChI=1S/C9H15N3O2/c1-11-7-4-8(13)12(9(11)14)6-3-2-5-10/h4,7H,2-3,5-6,10H2,1H3. The predicted molar refractivity (Wildman–Crippen MR) is 54.2 cm³/mol. The van der Waals surface area contributed by atoms with E-state index in [1.807, 2.05) is 0 Å². The molecule has 0 spiro atoms. The Kier molecular flexibility index (Phi) is 3.64. The maximum atomic E-state index is 11.5. The maximum absolute atomic E-state index is 11.5. The molecule has 14 heavy (non-hydrogen) atoms. The molecule has 1 rings (SSSR count). The summed E-state index contributed by atoms with van der Waals surface area (Å²) in [5.41, 5.74) is 4.81. The molecule has 0 atom stereocenters. The number of hydrogen-bond donors (Lipinski definition) is 1. The number of nitrogens with zero attached hydrogens (tertiary/aromatic N) is 2. The summed E-state index contributed by atoms with van der Waals surface area (Å²) in [4.78, 5) is 22.8. The number of unbranched alkanes of at least 4 members (excludes halogenated alkanes) is 1. The minimum Gasteiger partial charge on any atom is -0.330 e. The van der Waals surface area contributed by atoms with Gasteiger partial charge in [-0.05, 0) is 19.4 Å². The van der Waals surface area contributed by atoms with E-state index >= 15 is 0 Å². The molecule has 1 aromatic heterocycles. The molecule has 0 unspecified atom stereocenters. The van der Waals surface area contributed by atoms with Crippen molar-refractivity contribution >= 4 is 0 Å². The van der Waals surface area contributed by atoms with Gasteiger partial charge in [0, 0.05) is 25.9 Å². The zero-order valence-corrected chi connectivity index (χ0v) is 8.27. The van der Waals surface area contributed by atoms with Crippen molar-refractivity contribution in [3.8, 4) is 0 Å². The van der Waals surface area contributed by atoms with Gasteiger partial charge in [-0.25, -0.2) is 4.79 Å². The fraction of sp³-hybridized carbons (Fsp3) is 0.556. The van der Waals surface area contributed by atoms with Crippen molar-refractivity contribution in [1.82, 2.24) is 9.13 Å². The highest BCUT2D eigenvalue weighted by Gasteiger charge is 2.01. The van der Waals surface area contributed by atoms with Gasteiger partial charge < -0.3 is 10.3 Å². The van der Waals surface area contributed by atoms with Gasteiger partial charge in [-0.3, -0.25) is 9.36 Å². The minimum atomic E-state index is -0.269. The van der Waals surface area contributed by atoms with E-state index in [1.165, 1.54) is 21.4 Å². The third kappa shape index (κ3) is 2.32. The lowest BCUT2D eigenvalue weighted by Gasteiger charge is -2.05. The quantitative estimate of drug-likeness (QED) is 0.648. The third-order valence-corrected chi connectivity index (χ3v) is 2.08. The average molecular weight is 197 g/mol. The molecule has 2 N–H and O–H groups in total. The van der Waals surface area contributed by atoms with E-state index in [9.17, 15) is 9.59 Å². The van der Waals surface area contributed by atoms with Crippen LogP contribution >= 0.6 is 0 Å². The lowest BCUT2D eigenvalue weighted by molar-refractivity contribution is 0.549. The van der Waals surface area contributed by atoms with Crippen molar-refractivity contribution in [2.24, 2.45) is 12.8 Å². The monoisotopic (exact) mass is 197 g/mol. The van der Waals surface area contributed by atoms with Crippen LogP contribution in [0.15, 0.2) is 21.9 Å². The average Bonchev–Trinajstić information content (AvgIpc) is 2.18. The van der Waals surface area contributed by atoms with Crippen LogP contribution in [-0.2, 0) is 13.6 Å². The summed E-state index contributed by atoms with van der Waals surface area (Å²) in [5, 5.41) is 0. The van der Waals surface area contributed by atoms with Crippen molar-refractivity contribution in [1.29, 1.82) is 0 Å². The molecule has 5 heteroatoms. The molecular formula is C9H15N3O2. The van der Waals surface area contributed by atoms with Crippen LogP contribution in [0, 0.1) is 0 Å². The molecule has 0 aliphatic carbocycles. The highest BCUT2D eigenvalue weighted by atomic mass is 16.2. The van der Waals surface area contributed by atoms with E-state index in [2.05, 4.69) is 0 Å². The second kappa shape index (κ2) is 4.76. The fourth-order valence-electron chi connectivity index (χ4n) is 1.23. The SMILES string of the molecule is Cn1ccc(=O)n(CCCCN)c1=O. The Morgan fingerprint density at radius 1 is 1.36 bits per heavy atom. The maximum Gasteiger partial charge on any atom is 0.330 e. The number of rotatable bonds is 4. The Morgan fingerprint density at radius 3 is 2.71 bits per heavy atom. The highest BCUT2D eigenvalue weighted by Crippen LogP contribution is 1.87. The van der Waals surface area contributed by atoms with E-state index in [4.69, 9.17) is 5.73 Å². The van der Waals surface area contributed by atoms with Crippen LogP contribution in [0.5, 0.6) is 0 Å². The van der Waals surface area contributed by atoms with Gasteiger partial charge in [-0.1, -0.05) is 0 Å². The molecule has 0 amide bonds. The van der Waals surface area contributed by atoms with Crippen LogP contribution in [0.4, 0.5) is 0 Å². The van der Waals surface area contributed by atoms with E-state index in [-0.39, 0.29) is 11.2 Å². The van der Waals surface area contributed by atoms with Crippen LogP contribution in [0.2, 0.25) is 0 Å². The molecule has 0 aliphatic rings. The zero-order valence-electron chi connectivity index (χ0n) is 8.27. The third-order valence-electron chi connectivity index (χ3n) is 2.08. The van der Waals surface area contributed by atoms with Crippen molar-refractivity contribution < 1.29 is 0 Å². The molecule has 0 saturated carbocycles. The van der Waals surface area contributed by atoms with Gasteiger partial charge in [0.25, 0.3) is 5.56 Å². The lowest BCUT2D eigenvalue weighted by atomic mass is 10.3. The van der Waals surface area contributed by atoms with Gasteiger partial charge >= 0.3 is 5.69 Å². The van der Waals surface area contributed by atoms with E-state index in [0.717, 1.165) is 12.8 Å². The molecule has 0 radical (unpaired) electrons. The molecule has 0 aliphatic heterocycles. The Labute approximate surface area is 81.8 Å². The van der Waals surface area contributed by atoms with Crippen molar-refractivity contribution in [3.05, 3.63) is 33.1 Å². The molecular weight excluding hydrogens is 182 g/mol. The first-order valence-corrected chi connectivity index (χ1v) is 4.63. The molecule has 0 fully saturated rings. The van der Waals surface area contributed by atoms with Gasteiger partial charge in [0.2, 0.25) is 0 Å². The summed E-state index contributed by atoms with van der Waals surface area (Å²) in [6, 6.07) is 1.39. The van der Waals surface area contributed by atoms with E-state index in [0.29, 0.717) is 13.1 Å². The van der Waals surface area contributed by atoms with Crippen LogP contribution in [0.25, 0.3) is 0 Å². The van der Waals surface area contributed by atoms with Gasteiger partial charge in [0.1, 0.15) is 0 Å². The minimum absolute atomic E-state index is 0.245. The Hall–Kier alpha value is -1.36. The van der Waals surface area contributed by atoms with Crippen LogP contribution in [0.1, 0.15) is 12.8 Å². The number of aromatic nitrogens is 2. The largest absolute Gasteiger partial charge is 0.330 e. The second-order valence-electron chi connectivity index (χ2n) is 3.19. The first kappa shape index (κ1) is 10.7. The summed E-state index contributed by atoms with van der Waals surface area (Å²) in [7, 11) is 1.63. The van der Waals surface area contributed by atoms with Gasteiger partial charge in [-0.2, -0.15) is 0 Å². The molecule has 0 bridgehead atoms. The van der Waals surface area contributed by atoms with Crippen LogP contribution < -0.4 is 17.0 Å². The number of nitrogens with two attached hydrogens (primary N) is 1. The zero-order chi connectivity index (χ0) is 10.6. The molecule has 0 aromatic carbocycles. The summed E-state index contributed by atoms with van der Waals surface area (Å²) in [6.07, 6.45) is 3.06. The van der Waals surface area contributed by atoms with Crippen LogP contribution in [0.3, 0.4) is 0 Å².